The summed E-state index contributed by atoms with van der Waals surface area (Å²) in [6.07, 6.45) is -3.58. The molecule has 0 spiro atoms. The zero-order chi connectivity index (χ0) is 12.6. The summed E-state index contributed by atoms with van der Waals surface area (Å²) < 4.78 is 6.08. The number of H-pyrrole nitrogens is 1. The first kappa shape index (κ1) is 18.5. The van der Waals surface area contributed by atoms with Gasteiger partial charge >= 0.3 is 35.2 Å². The molecule has 1 aromatic heterocycles. The van der Waals surface area contributed by atoms with Crippen molar-refractivity contribution in [3.63, 3.8) is 0 Å². The Kier molecular flexibility index (Phi) is 7.11. The van der Waals surface area contributed by atoms with E-state index in [2.05, 4.69) is 0 Å². The third-order valence-corrected chi connectivity index (χ3v) is 2.64. The van der Waals surface area contributed by atoms with Crippen LogP contribution in [0.4, 0.5) is 0 Å². The summed E-state index contributed by atoms with van der Waals surface area (Å²) in [7, 11) is 0. The zero-order valence-electron chi connectivity index (χ0n) is 11.2. The van der Waals surface area contributed by atoms with Crippen LogP contribution in [0.25, 0.3) is 0 Å². The van der Waals surface area contributed by atoms with Gasteiger partial charge in [-0.25, -0.2) is 4.79 Å². The van der Waals surface area contributed by atoms with Crippen molar-refractivity contribution < 1.29 is 56.5 Å². The van der Waals surface area contributed by atoms with E-state index in [1.807, 2.05) is 4.98 Å². The van der Waals surface area contributed by atoms with Crippen molar-refractivity contribution in [2.24, 2.45) is 0 Å². The molecule has 0 amide bonds. The van der Waals surface area contributed by atoms with E-state index in [1.54, 1.807) is 0 Å². The van der Waals surface area contributed by atoms with Crippen LogP contribution in [0.2, 0.25) is 0 Å². The van der Waals surface area contributed by atoms with Crippen LogP contribution >= 0.6 is 0 Å². The van der Waals surface area contributed by atoms with E-state index in [9.17, 15) is 19.8 Å². The van der Waals surface area contributed by atoms with E-state index in [0.29, 0.717) is 0 Å². The Morgan fingerprint density at radius 3 is 2.47 bits per heavy atom. The van der Waals surface area contributed by atoms with Gasteiger partial charge in [-0.1, -0.05) is 0 Å². The quantitative estimate of drug-likeness (QED) is 0.396. The maximum atomic E-state index is 11.4. The van der Waals surface area contributed by atoms with Crippen molar-refractivity contribution in [3.05, 3.63) is 33.1 Å². The third-order valence-electron chi connectivity index (χ3n) is 2.64. The summed E-state index contributed by atoms with van der Waals surface area (Å²) in [6, 6.07) is 1.09. The van der Waals surface area contributed by atoms with E-state index in [1.165, 1.54) is 0 Å². The molecule has 6 N–H and O–H groups in total. The average molecular weight is 286 g/mol. The molecule has 0 aromatic carbocycles. The largest absolute Gasteiger partial charge is 1.00 e. The number of aliphatic hydroxyl groups excluding tert-OH is 3. The molecule has 1 aliphatic heterocycles. The molecular weight excluding hydrogens is 271 g/mol. The molecule has 19 heavy (non-hydrogen) atoms. The number of hydrogen-bond acceptors (Lipinski definition) is 6. The molecule has 0 unspecified atom stereocenters. The summed E-state index contributed by atoms with van der Waals surface area (Å²) >= 11 is 0. The monoisotopic (exact) mass is 286 g/mol. The van der Waals surface area contributed by atoms with Gasteiger partial charge in [0.05, 0.1) is 6.61 Å². The topological polar surface area (TPSA) is 156 Å². The van der Waals surface area contributed by atoms with Gasteiger partial charge in [0.1, 0.15) is 18.3 Å². The van der Waals surface area contributed by atoms with Crippen LogP contribution in [0, 0.1) is 0 Å². The van der Waals surface area contributed by atoms with Crippen LogP contribution in [0.1, 0.15) is 7.65 Å². The molecule has 4 atom stereocenters. The minimum Gasteiger partial charge on any atom is -1.00 e. The number of aromatic nitrogens is 2. The maximum absolute atomic E-state index is 11.4. The van der Waals surface area contributed by atoms with Crippen molar-refractivity contribution in [2.45, 2.75) is 24.5 Å². The Morgan fingerprint density at radius 2 is 2.00 bits per heavy atom. The van der Waals surface area contributed by atoms with Crippen molar-refractivity contribution in [1.29, 1.82) is 0 Å². The molecule has 9 nitrogen and oxygen atoms in total. The van der Waals surface area contributed by atoms with Crippen LogP contribution in [0.15, 0.2) is 21.9 Å². The van der Waals surface area contributed by atoms with E-state index in [-0.39, 0.29) is 36.5 Å². The molecule has 1 saturated heterocycles. The fourth-order valence-electron chi connectivity index (χ4n) is 1.74. The second kappa shape index (κ2) is 7.31. The normalized spacial score (nSPS) is 29.4. The molecule has 104 valence electrons. The van der Waals surface area contributed by atoms with Gasteiger partial charge in [-0.3, -0.25) is 14.3 Å². The fourth-order valence-corrected chi connectivity index (χ4v) is 1.74. The molecule has 10 heteroatoms. The first-order chi connectivity index (χ1) is 8.04. The number of ether oxygens (including phenoxy) is 1. The number of rotatable bonds is 2. The van der Waals surface area contributed by atoms with Gasteiger partial charge in [0.2, 0.25) is 0 Å². The van der Waals surface area contributed by atoms with Gasteiger partial charge in [-0.15, -0.1) is 0 Å². The molecule has 0 bridgehead atoms. The first-order valence-corrected chi connectivity index (χ1v) is 4.98. The fraction of sp³-hybridized carbons (Fsp3) is 0.556. The number of nitrogens with zero attached hydrogens (tertiary/aromatic N) is 1. The van der Waals surface area contributed by atoms with Crippen molar-refractivity contribution in [1.82, 2.24) is 9.55 Å². The minimum atomic E-state index is -1.35. The van der Waals surface area contributed by atoms with Crippen molar-refractivity contribution in [2.75, 3.05) is 6.61 Å². The minimum absolute atomic E-state index is 0. The second-order valence-corrected chi connectivity index (χ2v) is 3.75. The van der Waals surface area contributed by atoms with Crippen LogP contribution in [0.5, 0.6) is 0 Å². The number of nitrogens with one attached hydrogen (secondary N) is 1. The zero-order valence-corrected chi connectivity index (χ0v) is 12.2. The van der Waals surface area contributed by atoms with Crippen molar-refractivity contribution in [3.8, 4) is 0 Å². The molecule has 2 heterocycles. The molecule has 1 fully saturated rings. The number of hydrogen-bond donors (Lipinski definition) is 4. The van der Waals surface area contributed by atoms with Gasteiger partial charge in [0, 0.05) is 12.3 Å². The number of aliphatic hydroxyl groups is 3. The third kappa shape index (κ3) is 3.52. The van der Waals surface area contributed by atoms with Crippen LogP contribution in [0.3, 0.4) is 0 Å². The Balaban J connectivity index is 0. The predicted molar refractivity (Wildman–Crippen MR) is 59.1 cm³/mol. The summed E-state index contributed by atoms with van der Waals surface area (Å²) in [5.41, 5.74) is -1.33. The van der Waals surface area contributed by atoms with Crippen LogP contribution in [-0.4, -0.2) is 55.3 Å². The summed E-state index contributed by atoms with van der Waals surface area (Å²) in [5, 5.41) is 28.1. The van der Waals surface area contributed by atoms with Gasteiger partial charge in [-0.2, -0.15) is 0 Å². The average Bonchev–Trinajstić information content (AvgIpc) is 2.57. The first-order valence-electron chi connectivity index (χ1n) is 4.98. The van der Waals surface area contributed by atoms with Crippen LogP contribution < -0.4 is 40.8 Å². The van der Waals surface area contributed by atoms with Crippen LogP contribution in [-0.2, 0) is 4.74 Å². The van der Waals surface area contributed by atoms with Gasteiger partial charge in [0.15, 0.2) is 6.23 Å². The Morgan fingerprint density at radius 1 is 1.37 bits per heavy atom. The van der Waals surface area contributed by atoms with E-state index < -0.39 is 42.4 Å². The SMILES string of the molecule is O.O=c1ccn([C@@H]2O[C@H](CO)[C@@H](O)[C@H]2O)c(=O)[nH]1.[H-].[Na+]. The van der Waals surface area contributed by atoms with Crippen molar-refractivity contribution >= 4 is 0 Å². The maximum Gasteiger partial charge on any atom is 1.00 e. The molecule has 1 aliphatic rings. The second-order valence-electron chi connectivity index (χ2n) is 3.75. The van der Waals surface area contributed by atoms with E-state index >= 15 is 0 Å². The standard InChI is InChI=1S/C9H12N2O6.Na.H2O.H/c12-3-4-6(14)7(15)8(17-4)11-2-1-5(13)10-9(11)16;;;/h1-2,4,6-8,12,14-15H,3H2,(H,10,13,16);;1H2;/q;+1;;-1/t4-,6-,7-,8-;;;/m1.../s1. The smallest absolute Gasteiger partial charge is 1.00 e. The van der Waals surface area contributed by atoms with E-state index in [0.717, 1.165) is 16.8 Å². The Labute approximate surface area is 130 Å². The Bertz CT molecular complexity index is 522. The molecule has 2 rings (SSSR count). The van der Waals surface area contributed by atoms with Gasteiger partial charge in [0.25, 0.3) is 5.56 Å². The Hall–Kier alpha value is -0.520. The predicted octanol–water partition coefficient (Wildman–Crippen LogP) is -6.56. The molecule has 0 aliphatic carbocycles. The summed E-state index contributed by atoms with van der Waals surface area (Å²) in [6.45, 7) is -0.479. The summed E-state index contributed by atoms with van der Waals surface area (Å²) in [5.74, 6) is 0. The molecule has 0 saturated carbocycles. The molecular formula is C9H15N2NaO7. The molecule has 1 aromatic rings. The molecule has 0 radical (unpaired) electrons. The van der Waals surface area contributed by atoms with E-state index in [4.69, 9.17) is 9.84 Å². The summed E-state index contributed by atoms with van der Waals surface area (Å²) in [4.78, 5) is 24.3. The van der Waals surface area contributed by atoms with Gasteiger partial charge < -0.3 is 27.0 Å². The number of aromatic amines is 1. The van der Waals surface area contributed by atoms with Gasteiger partial charge in [-0.05, 0) is 0 Å².